The summed E-state index contributed by atoms with van der Waals surface area (Å²) in [5.74, 6) is 0.895. The fourth-order valence-electron chi connectivity index (χ4n) is 1.26. The summed E-state index contributed by atoms with van der Waals surface area (Å²) in [7, 11) is 2.01. The van der Waals surface area contributed by atoms with Gasteiger partial charge < -0.3 is 10.6 Å². The molecular weight excluding hydrogens is 164 g/mol. The second kappa shape index (κ2) is 4.77. The first-order valence-corrected chi connectivity index (χ1v) is 4.50. The second-order valence-corrected chi connectivity index (χ2v) is 2.95. The van der Waals surface area contributed by atoms with Crippen LogP contribution in [0.5, 0.6) is 0 Å². The van der Waals surface area contributed by atoms with Gasteiger partial charge in [0.15, 0.2) is 5.82 Å². The largest absolute Gasteiger partial charge is 0.358 e. The highest BCUT2D eigenvalue weighted by Crippen LogP contribution is 2.12. The standard InChI is InChI=1S/C9H16N4/c1-3-6-13(2)9-8(7-10)11-4-5-12-9/h4-5H,3,6-7,10H2,1-2H3. The Kier molecular flexibility index (Phi) is 3.64. The highest BCUT2D eigenvalue weighted by Gasteiger charge is 2.06. The number of anilines is 1. The molecule has 13 heavy (non-hydrogen) atoms. The molecule has 0 unspecified atom stereocenters. The smallest absolute Gasteiger partial charge is 0.151 e. The van der Waals surface area contributed by atoms with Crippen molar-refractivity contribution in [3.8, 4) is 0 Å². The lowest BCUT2D eigenvalue weighted by Gasteiger charge is -2.18. The van der Waals surface area contributed by atoms with Crippen molar-refractivity contribution in [2.45, 2.75) is 19.9 Å². The van der Waals surface area contributed by atoms with E-state index in [0.717, 1.165) is 24.5 Å². The predicted molar refractivity (Wildman–Crippen MR) is 53.5 cm³/mol. The van der Waals surface area contributed by atoms with E-state index >= 15 is 0 Å². The lowest BCUT2D eigenvalue weighted by molar-refractivity contribution is 0.814. The molecule has 0 saturated carbocycles. The molecule has 4 heteroatoms. The molecule has 0 bridgehead atoms. The van der Waals surface area contributed by atoms with Gasteiger partial charge in [-0.2, -0.15) is 0 Å². The Labute approximate surface area is 78.8 Å². The average molecular weight is 180 g/mol. The summed E-state index contributed by atoms with van der Waals surface area (Å²) in [5.41, 5.74) is 6.42. The van der Waals surface area contributed by atoms with Crippen LogP contribution in [0.4, 0.5) is 5.82 Å². The summed E-state index contributed by atoms with van der Waals surface area (Å²) in [5, 5.41) is 0. The lowest BCUT2D eigenvalue weighted by Crippen LogP contribution is -2.22. The van der Waals surface area contributed by atoms with Crippen LogP contribution in [0, 0.1) is 0 Å². The molecule has 0 radical (unpaired) electrons. The second-order valence-electron chi connectivity index (χ2n) is 2.95. The van der Waals surface area contributed by atoms with Crippen LogP contribution in [-0.2, 0) is 6.54 Å². The Bertz CT molecular complexity index is 262. The summed E-state index contributed by atoms with van der Waals surface area (Å²) in [6, 6.07) is 0. The Morgan fingerprint density at radius 1 is 1.38 bits per heavy atom. The van der Waals surface area contributed by atoms with Crippen molar-refractivity contribution in [3.63, 3.8) is 0 Å². The fourth-order valence-corrected chi connectivity index (χ4v) is 1.26. The maximum Gasteiger partial charge on any atom is 0.151 e. The van der Waals surface area contributed by atoms with Gasteiger partial charge in [-0.3, -0.25) is 4.98 Å². The molecule has 4 nitrogen and oxygen atoms in total. The first-order valence-electron chi connectivity index (χ1n) is 4.50. The van der Waals surface area contributed by atoms with Crippen LogP contribution in [0.3, 0.4) is 0 Å². The molecule has 1 heterocycles. The van der Waals surface area contributed by atoms with Gasteiger partial charge in [0.2, 0.25) is 0 Å². The Hall–Kier alpha value is -1.16. The van der Waals surface area contributed by atoms with E-state index in [4.69, 9.17) is 5.73 Å². The zero-order chi connectivity index (χ0) is 9.68. The lowest BCUT2D eigenvalue weighted by atomic mass is 10.3. The number of rotatable bonds is 4. The maximum atomic E-state index is 5.56. The Morgan fingerprint density at radius 3 is 2.69 bits per heavy atom. The quantitative estimate of drug-likeness (QED) is 0.744. The summed E-state index contributed by atoms with van der Waals surface area (Å²) >= 11 is 0. The summed E-state index contributed by atoms with van der Waals surface area (Å²) < 4.78 is 0. The highest BCUT2D eigenvalue weighted by atomic mass is 15.2. The molecule has 0 saturated heterocycles. The third kappa shape index (κ3) is 2.39. The molecule has 0 aliphatic heterocycles. The number of nitrogens with two attached hydrogens (primary N) is 1. The third-order valence-corrected chi connectivity index (χ3v) is 1.87. The molecule has 1 aromatic heterocycles. The Morgan fingerprint density at radius 2 is 2.08 bits per heavy atom. The zero-order valence-electron chi connectivity index (χ0n) is 8.20. The van der Waals surface area contributed by atoms with E-state index in [1.807, 2.05) is 7.05 Å². The topological polar surface area (TPSA) is 55.0 Å². The van der Waals surface area contributed by atoms with E-state index in [9.17, 15) is 0 Å². The average Bonchev–Trinajstić information content (AvgIpc) is 2.18. The van der Waals surface area contributed by atoms with Crippen molar-refractivity contribution < 1.29 is 0 Å². The van der Waals surface area contributed by atoms with Gasteiger partial charge in [-0.1, -0.05) is 6.92 Å². The molecule has 0 atom stereocenters. The van der Waals surface area contributed by atoms with E-state index in [0.29, 0.717) is 6.54 Å². The molecule has 1 aromatic rings. The first kappa shape index (κ1) is 9.92. The van der Waals surface area contributed by atoms with Crippen molar-refractivity contribution in [2.24, 2.45) is 5.73 Å². The molecule has 0 aromatic carbocycles. The zero-order valence-corrected chi connectivity index (χ0v) is 8.20. The molecule has 0 fully saturated rings. The molecule has 0 aliphatic rings. The van der Waals surface area contributed by atoms with E-state index in [2.05, 4.69) is 21.8 Å². The molecule has 1 rings (SSSR count). The van der Waals surface area contributed by atoms with Crippen LogP contribution in [-0.4, -0.2) is 23.6 Å². The van der Waals surface area contributed by atoms with Crippen molar-refractivity contribution in [1.82, 2.24) is 9.97 Å². The van der Waals surface area contributed by atoms with Gasteiger partial charge >= 0.3 is 0 Å². The van der Waals surface area contributed by atoms with Crippen molar-refractivity contribution >= 4 is 5.82 Å². The minimum absolute atomic E-state index is 0.442. The van der Waals surface area contributed by atoms with Gasteiger partial charge in [-0.05, 0) is 6.42 Å². The summed E-state index contributed by atoms with van der Waals surface area (Å²) in [4.78, 5) is 10.5. The molecular formula is C9H16N4. The predicted octanol–water partition coefficient (Wildman–Crippen LogP) is 0.781. The van der Waals surface area contributed by atoms with Crippen LogP contribution in [0.25, 0.3) is 0 Å². The Balaban J connectivity index is 2.85. The minimum Gasteiger partial charge on any atom is -0.358 e. The van der Waals surface area contributed by atoms with Crippen LogP contribution in [0.1, 0.15) is 19.0 Å². The number of hydrogen-bond donors (Lipinski definition) is 1. The molecule has 0 spiro atoms. The van der Waals surface area contributed by atoms with Gasteiger partial charge in [0.25, 0.3) is 0 Å². The number of hydrogen-bond acceptors (Lipinski definition) is 4. The number of aromatic nitrogens is 2. The molecule has 72 valence electrons. The van der Waals surface area contributed by atoms with Crippen molar-refractivity contribution in [1.29, 1.82) is 0 Å². The maximum absolute atomic E-state index is 5.56. The molecule has 0 amide bonds. The highest BCUT2D eigenvalue weighted by molar-refractivity contribution is 5.41. The normalized spacial score (nSPS) is 10.1. The van der Waals surface area contributed by atoms with E-state index in [1.165, 1.54) is 0 Å². The first-order chi connectivity index (χ1) is 6.29. The molecule has 2 N–H and O–H groups in total. The van der Waals surface area contributed by atoms with Crippen LogP contribution in [0.2, 0.25) is 0 Å². The van der Waals surface area contributed by atoms with E-state index in [1.54, 1.807) is 12.4 Å². The summed E-state index contributed by atoms with van der Waals surface area (Å²) in [6.45, 7) is 3.55. The van der Waals surface area contributed by atoms with E-state index < -0.39 is 0 Å². The SMILES string of the molecule is CCCN(C)c1nccnc1CN. The van der Waals surface area contributed by atoms with Gasteiger partial charge in [0, 0.05) is 32.5 Å². The van der Waals surface area contributed by atoms with Gasteiger partial charge in [0.1, 0.15) is 0 Å². The monoisotopic (exact) mass is 180 g/mol. The van der Waals surface area contributed by atoms with E-state index in [-0.39, 0.29) is 0 Å². The third-order valence-electron chi connectivity index (χ3n) is 1.87. The fraction of sp³-hybridized carbons (Fsp3) is 0.556. The summed E-state index contributed by atoms with van der Waals surface area (Å²) in [6.07, 6.45) is 4.46. The van der Waals surface area contributed by atoms with Crippen molar-refractivity contribution in [3.05, 3.63) is 18.1 Å². The van der Waals surface area contributed by atoms with Crippen LogP contribution >= 0.6 is 0 Å². The molecule has 0 aliphatic carbocycles. The minimum atomic E-state index is 0.442. The van der Waals surface area contributed by atoms with Crippen LogP contribution < -0.4 is 10.6 Å². The van der Waals surface area contributed by atoms with Crippen molar-refractivity contribution in [2.75, 3.05) is 18.5 Å². The van der Waals surface area contributed by atoms with Gasteiger partial charge in [-0.25, -0.2) is 4.98 Å². The van der Waals surface area contributed by atoms with Crippen LogP contribution in [0.15, 0.2) is 12.4 Å². The van der Waals surface area contributed by atoms with Gasteiger partial charge in [0.05, 0.1) is 5.69 Å². The van der Waals surface area contributed by atoms with Gasteiger partial charge in [-0.15, -0.1) is 0 Å². The number of nitrogens with zero attached hydrogens (tertiary/aromatic N) is 3.